The molecule has 0 aliphatic carbocycles. The van der Waals surface area contributed by atoms with Gasteiger partial charge in [-0.05, 0) is 66.9 Å². The number of rotatable bonds is 7. The first-order valence-electron chi connectivity index (χ1n) is 10.3. The number of carbonyl (C=O) groups excluding carboxylic acids is 1. The van der Waals surface area contributed by atoms with Crippen LogP contribution in [0.25, 0.3) is 10.2 Å². The second-order valence-corrected chi connectivity index (χ2v) is 10.6. The highest BCUT2D eigenvalue weighted by atomic mass is 32.2. The highest BCUT2D eigenvalue weighted by Crippen LogP contribution is 2.32. The molecule has 0 unspecified atom stereocenters. The molecule has 0 atom stereocenters. The maximum absolute atomic E-state index is 13.4. The van der Waals surface area contributed by atoms with Crippen molar-refractivity contribution in [1.82, 2.24) is 4.98 Å². The zero-order chi connectivity index (χ0) is 22.0. The summed E-state index contributed by atoms with van der Waals surface area (Å²) in [6, 6.07) is 16.2. The van der Waals surface area contributed by atoms with Crippen LogP contribution in [0, 0.1) is 13.8 Å². The third-order valence-electron chi connectivity index (χ3n) is 5.07. The van der Waals surface area contributed by atoms with Crippen molar-refractivity contribution in [2.24, 2.45) is 0 Å². The highest BCUT2D eigenvalue weighted by molar-refractivity contribution is 7.99. The van der Waals surface area contributed by atoms with E-state index in [-0.39, 0.29) is 5.91 Å². The Labute approximate surface area is 191 Å². The van der Waals surface area contributed by atoms with Crippen molar-refractivity contribution in [3.63, 3.8) is 0 Å². The van der Waals surface area contributed by atoms with Crippen molar-refractivity contribution in [3.05, 3.63) is 77.2 Å². The summed E-state index contributed by atoms with van der Waals surface area (Å²) in [5.41, 5.74) is 4.35. The zero-order valence-corrected chi connectivity index (χ0v) is 19.8. The summed E-state index contributed by atoms with van der Waals surface area (Å²) in [5.74, 6) is 0.747. The average Bonchev–Trinajstić information content (AvgIpc) is 3.37. The molecule has 2 aromatic carbocycles. The molecule has 0 fully saturated rings. The third-order valence-corrected chi connectivity index (χ3v) is 7.13. The van der Waals surface area contributed by atoms with Gasteiger partial charge in [0.05, 0.1) is 29.4 Å². The van der Waals surface area contributed by atoms with E-state index >= 15 is 0 Å². The second kappa shape index (κ2) is 9.28. The first-order valence-corrected chi connectivity index (χ1v) is 12.0. The highest BCUT2D eigenvalue weighted by Gasteiger charge is 2.22. The molecule has 0 saturated carbocycles. The Kier molecular flexibility index (Phi) is 6.49. The van der Waals surface area contributed by atoms with Crippen LogP contribution < -0.4 is 4.90 Å². The molecule has 160 valence electrons. The van der Waals surface area contributed by atoms with E-state index in [4.69, 9.17) is 9.40 Å². The number of thiazole rings is 1. The summed E-state index contributed by atoms with van der Waals surface area (Å²) in [4.78, 5) is 21.1. The zero-order valence-electron chi connectivity index (χ0n) is 18.2. The van der Waals surface area contributed by atoms with Gasteiger partial charge in [-0.3, -0.25) is 9.69 Å². The molecule has 0 saturated heterocycles. The van der Waals surface area contributed by atoms with E-state index in [0.29, 0.717) is 23.3 Å². The van der Waals surface area contributed by atoms with Gasteiger partial charge in [0.25, 0.3) is 0 Å². The van der Waals surface area contributed by atoms with Crippen molar-refractivity contribution in [2.45, 2.75) is 50.8 Å². The van der Waals surface area contributed by atoms with Crippen LogP contribution in [-0.2, 0) is 17.8 Å². The number of hydrogen-bond donors (Lipinski definition) is 0. The van der Waals surface area contributed by atoms with E-state index in [2.05, 4.69) is 52.0 Å². The fourth-order valence-electron chi connectivity index (χ4n) is 3.33. The number of hydrogen-bond acceptors (Lipinski definition) is 5. The minimum Gasteiger partial charge on any atom is -0.467 e. The normalized spacial score (nSPS) is 11.4. The summed E-state index contributed by atoms with van der Waals surface area (Å²) in [7, 11) is 0. The van der Waals surface area contributed by atoms with Gasteiger partial charge in [0.1, 0.15) is 5.76 Å². The van der Waals surface area contributed by atoms with E-state index in [0.717, 1.165) is 21.5 Å². The number of nitrogens with zero attached hydrogens (tertiary/aromatic N) is 2. The Morgan fingerprint density at radius 1 is 1.13 bits per heavy atom. The molecule has 0 aliphatic heterocycles. The smallest absolute Gasteiger partial charge is 0.233 e. The molecule has 0 bridgehead atoms. The summed E-state index contributed by atoms with van der Waals surface area (Å²) in [5, 5.41) is 1.23. The van der Waals surface area contributed by atoms with E-state index < -0.39 is 0 Å². The maximum Gasteiger partial charge on any atom is 0.233 e. The van der Waals surface area contributed by atoms with Crippen LogP contribution >= 0.6 is 23.1 Å². The van der Waals surface area contributed by atoms with Gasteiger partial charge in [0, 0.05) is 10.1 Å². The van der Waals surface area contributed by atoms with E-state index in [1.807, 2.05) is 36.0 Å². The molecular formula is C25H26N2O2S2. The monoisotopic (exact) mass is 450 g/mol. The lowest BCUT2D eigenvalue weighted by Crippen LogP contribution is -2.31. The molecule has 31 heavy (non-hydrogen) atoms. The van der Waals surface area contributed by atoms with Crippen molar-refractivity contribution in [3.8, 4) is 0 Å². The van der Waals surface area contributed by atoms with Crippen molar-refractivity contribution in [1.29, 1.82) is 0 Å². The van der Waals surface area contributed by atoms with Crippen LogP contribution in [0.15, 0.2) is 64.1 Å². The lowest BCUT2D eigenvalue weighted by molar-refractivity contribution is -0.118. The number of aromatic nitrogens is 1. The predicted molar refractivity (Wildman–Crippen MR) is 130 cm³/mol. The Morgan fingerprint density at radius 3 is 2.55 bits per heavy atom. The van der Waals surface area contributed by atoms with Gasteiger partial charge in [-0.2, -0.15) is 0 Å². The second-order valence-electron chi connectivity index (χ2n) is 7.95. The summed E-state index contributed by atoms with van der Waals surface area (Å²) >= 11 is 3.37. The Balaban J connectivity index is 1.61. The summed E-state index contributed by atoms with van der Waals surface area (Å²) in [6.07, 6.45) is 1.95. The lowest BCUT2D eigenvalue weighted by Gasteiger charge is -2.19. The van der Waals surface area contributed by atoms with Crippen LogP contribution in [0.2, 0.25) is 0 Å². The first kappa shape index (κ1) is 21.7. The number of benzene rings is 2. The number of furan rings is 1. The van der Waals surface area contributed by atoms with Gasteiger partial charge in [-0.15, -0.1) is 11.8 Å². The van der Waals surface area contributed by atoms with Crippen LogP contribution in [-0.4, -0.2) is 16.1 Å². The molecule has 4 aromatic rings. The molecule has 0 aliphatic rings. The fraction of sp³-hybridized carbons (Fsp3) is 0.280. The van der Waals surface area contributed by atoms with Gasteiger partial charge in [0.15, 0.2) is 5.13 Å². The van der Waals surface area contributed by atoms with Crippen LogP contribution in [0.4, 0.5) is 5.13 Å². The quantitative estimate of drug-likeness (QED) is 0.291. The topological polar surface area (TPSA) is 46.3 Å². The van der Waals surface area contributed by atoms with Crippen molar-refractivity contribution < 1.29 is 9.21 Å². The first-order chi connectivity index (χ1) is 14.9. The summed E-state index contributed by atoms with van der Waals surface area (Å²) < 4.78 is 6.62. The van der Waals surface area contributed by atoms with Gasteiger partial charge < -0.3 is 4.42 Å². The van der Waals surface area contributed by atoms with Gasteiger partial charge in [-0.25, -0.2) is 4.98 Å². The minimum absolute atomic E-state index is 0.00756. The number of aryl methyl sites for hydroxylation is 2. The molecule has 4 rings (SSSR count). The lowest BCUT2D eigenvalue weighted by atomic mass is 10.1. The molecule has 1 amide bonds. The van der Waals surface area contributed by atoms with Crippen LogP contribution in [0.3, 0.4) is 0 Å². The van der Waals surface area contributed by atoms with Gasteiger partial charge >= 0.3 is 0 Å². The summed E-state index contributed by atoms with van der Waals surface area (Å²) in [6.45, 7) is 8.90. The molecule has 4 nitrogen and oxygen atoms in total. The van der Waals surface area contributed by atoms with E-state index in [9.17, 15) is 4.79 Å². The standard InChI is InChI=1S/C25H26N2O2S2/c1-16(2)30-21-9-7-19(8-10-21)14-24(28)27(15-20-6-5-11-29-20)25-26-22-12-17(3)18(4)13-23(22)31-25/h5-13,16H,14-15H2,1-4H3. The number of fused-ring (bicyclic) bond motifs is 1. The third kappa shape index (κ3) is 5.20. The van der Waals surface area contributed by atoms with Crippen molar-refractivity contribution >= 4 is 44.4 Å². The fourth-order valence-corrected chi connectivity index (χ4v) is 5.23. The molecule has 0 radical (unpaired) electrons. The predicted octanol–water partition coefficient (Wildman–Crippen LogP) is 6.78. The van der Waals surface area contributed by atoms with Crippen LogP contribution in [0.1, 0.15) is 36.3 Å². The SMILES string of the molecule is Cc1cc2nc(N(Cc3ccco3)C(=O)Cc3ccc(SC(C)C)cc3)sc2cc1C. The Bertz CT molecular complexity index is 1140. The van der Waals surface area contributed by atoms with Crippen LogP contribution in [0.5, 0.6) is 0 Å². The number of anilines is 1. The molecule has 6 heteroatoms. The molecule has 2 heterocycles. The van der Waals surface area contributed by atoms with E-state index in [1.54, 1.807) is 22.5 Å². The van der Waals surface area contributed by atoms with E-state index in [1.165, 1.54) is 16.0 Å². The van der Waals surface area contributed by atoms with Gasteiger partial charge in [0.2, 0.25) is 5.91 Å². The van der Waals surface area contributed by atoms with Gasteiger partial charge in [-0.1, -0.05) is 37.3 Å². The molecule has 2 aromatic heterocycles. The van der Waals surface area contributed by atoms with Crippen molar-refractivity contribution in [2.75, 3.05) is 4.90 Å². The molecule has 0 spiro atoms. The Hall–Kier alpha value is -2.57. The largest absolute Gasteiger partial charge is 0.467 e. The average molecular weight is 451 g/mol. The number of amides is 1. The number of carbonyl (C=O) groups is 1. The molecular weight excluding hydrogens is 424 g/mol. The minimum atomic E-state index is 0.00756. The Morgan fingerprint density at radius 2 is 1.87 bits per heavy atom. The maximum atomic E-state index is 13.4. The molecule has 0 N–H and O–H groups in total. The number of thioether (sulfide) groups is 1.